The number of Topliss-reactive ketones (excluding diaryl/α,β-unsaturated/α-hetero) is 1. The summed E-state index contributed by atoms with van der Waals surface area (Å²) in [6.07, 6.45) is 0. The minimum atomic E-state index is -0.575. The molecule has 0 amide bonds. The van der Waals surface area contributed by atoms with E-state index in [0.717, 1.165) is 14.6 Å². The summed E-state index contributed by atoms with van der Waals surface area (Å²) in [5, 5.41) is 0.256. The maximum atomic E-state index is 13.5. The average molecular weight is 509 g/mol. The normalized spacial score (nSPS) is 10.9. The second-order valence-electron chi connectivity index (χ2n) is 7.40. The fourth-order valence-electron chi connectivity index (χ4n) is 3.67. The third-order valence-electron chi connectivity index (χ3n) is 5.38. The van der Waals surface area contributed by atoms with E-state index in [4.69, 9.17) is 9.47 Å². The molecule has 3 aromatic carbocycles. The Labute approximate surface area is 197 Å². The van der Waals surface area contributed by atoms with Crippen LogP contribution in [0.2, 0.25) is 0 Å². The molecule has 7 nitrogen and oxygen atoms in total. The highest BCUT2D eigenvalue weighted by Gasteiger charge is 2.19. The molecule has 0 saturated heterocycles. The molecule has 0 aliphatic carbocycles. The Morgan fingerprint density at radius 1 is 0.879 bits per heavy atom. The fraction of sp³-hybridized carbons (Fsp3) is 0.160. The van der Waals surface area contributed by atoms with Crippen molar-refractivity contribution in [1.82, 2.24) is 9.13 Å². The van der Waals surface area contributed by atoms with Crippen molar-refractivity contribution < 1.29 is 14.3 Å². The lowest BCUT2D eigenvalue weighted by Crippen LogP contribution is -2.41. The highest BCUT2D eigenvalue weighted by molar-refractivity contribution is 9.10. The molecule has 0 bridgehead atoms. The Kier molecular flexibility index (Phi) is 6.46. The first-order valence-electron chi connectivity index (χ1n) is 10.1. The number of ether oxygens (including phenoxy) is 2. The van der Waals surface area contributed by atoms with Gasteiger partial charge in [0.25, 0.3) is 5.56 Å². The number of carbonyl (C=O) groups excluding carboxylic acids is 1. The van der Waals surface area contributed by atoms with Crippen molar-refractivity contribution in [3.05, 3.63) is 103 Å². The van der Waals surface area contributed by atoms with Crippen LogP contribution in [0, 0.1) is 0 Å². The molecule has 0 aliphatic rings. The van der Waals surface area contributed by atoms with Crippen LogP contribution in [0.25, 0.3) is 10.9 Å². The number of ketones is 1. The van der Waals surface area contributed by atoms with Gasteiger partial charge in [-0.05, 0) is 23.8 Å². The van der Waals surface area contributed by atoms with Gasteiger partial charge < -0.3 is 9.47 Å². The first-order chi connectivity index (χ1) is 15.9. The highest BCUT2D eigenvalue weighted by Crippen LogP contribution is 2.30. The number of methoxy groups -OCH3 is 2. The lowest BCUT2D eigenvalue weighted by atomic mass is 10.1. The highest BCUT2D eigenvalue weighted by atomic mass is 79.9. The molecule has 0 atom stereocenters. The van der Waals surface area contributed by atoms with Crippen molar-refractivity contribution in [2.75, 3.05) is 14.2 Å². The third-order valence-corrected chi connectivity index (χ3v) is 5.91. The molecule has 1 heterocycles. The van der Waals surface area contributed by atoms with E-state index in [0.29, 0.717) is 22.6 Å². The minimum absolute atomic E-state index is 0.0786. The molecule has 0 spiro atoms. The van der Waals surface area contributed by atoms with Crippen LogP contribution in [0.1, 0.15) is 15.9 Å². The zero-order chi connectivity index (χ0) is 23.5. The molecule has 4 rings (SSSR count). The first-order valence-corrected chi connectivity index (χ1v) is 10.9. The first kappa shape index (κ1) is 22.5. The number of halogens is 1. The van der Waals surface area contributed by atoms with Crippen LogP contribution in [0.3, 0.4) is 0 Å². The van der Waals surface area contributed by atoms with Crippen LogP contribution in [0.4, 0.5) is 0 Å². The monoisotopic (exact) mass is 508 g/mol. The van der Waals surface area contributed by atoms with Crippen LogP contribution in [0.15, 0.2) is 80.8 Å². The number of rotatable bonds is 7. The fourth-order valence-corrected chi connectivity index (χ4v) is 3.94. The predicted molar refractivity (Wildman–Crippen MR) is 130 cm³/mol. The van der Waals surface area contributed by atoms with Crippen molar-refractivity contribution in [2.45, 2.75) is 13.1 Å². The molecule has 4 aromatic rings. The summed E-state index contributed by atoms with van der Waals surface area (Å²) in [6, 6.07) is 19.2. The molecule has 0 saturated carbocycles. The number of hydrogen-bond donors (Lipinski definition) is 0. The summed E-state index contributed by atoms with van der Waals surface area (Å²) in [7, 11) is 2.94. The molecular formula is C25H21BrN2O5. The van der Waals surface area contributed by atoms with E-state index in [2.05, 4.69) is 15.9 Å². The van der Waals surface area contributed by atoms with E-state index in [9.17, 15) is 14.4 Å². The number of aromatic nitrogens is 2. The van der Waals surface area contributed by atoms with Gasteiger partial charge in [-0.3, -0.25) is 18.7 Å². The van der Waals surface area contributed by atoms with Gasteiger partial charge in [0, 0.05) is 16.1 Å². The van der Waals surface area contributed by atoms with Gasteiger partial charge in [0.1, 0.15) is 0 Å². The SMILES string of the molecule is COc1cc2c(=O)n(Cc3ccccc3)c(=O)n(CC(=O)c3ccc(Br)cc3)c2cc1OC. The van der Waals surface area contributed by atoms with Gasteiger partial charge in [0.05, 0.1) is 38.2 Å². The van der Waals surface area contributed by atoms with Crippen LogP contribution in [0.5, 0.6) is 11.5 Å². The lowest BCUT2D eigenvalue weighted by molar-refractivity contribution is 0.0971. The Morgan fingerprint density at radius 3 is 2.15 bits per heavy atom. The van der Waals surface area contributed by atoms with Gasteiger partial charge in [-0.2, -0.15) is 0 Å². The Hall–Kier alpha value is -3.65. The van der Waals surface area contributed by atoms with Gasteiger partial charge in [-0.1, -0.05) is 58.4 Å². The van der Waals surface area contributed by atoms with Crippen LogP contribution >= 0.6 is 15.9 Å². The number of nitrogens with zero attached hydrogens (tertiary/aromatic N) is 2. The quantitative estimate of drug-likeness (QED) is 0.354. The molecule has 0 N–H and O–H groups in total. The third kappa shape index (κ3) is 4.47. The average Bonchev–Trinajstić information content (AvgIpc) is 2.84. The Morgan fingerprint density at radius 2 is 1.52 bits per heavy atom. The van der Waals surface area contributed by atoms with E-state index in [1.54, 1.807) is 30.3 Å². The van der Waals surface area contributed by atoms with Gasteiger partial charge in [-0.15, -0.1) is 0 Å². The number of fused-ring (bicyclic) bond motifs is 1. The summed E-state index contributed by atoms with van der Waals surface area (Å²) < 4.78 is 14.0. The molecule has 0 unspecified atom stereocenters. The molecule has 0 fully saturated rings. The molecule has 33 heavy (non-hydrogen) atoms. The second-order valence-corrected chi connectivity index (χ2v) is 8.32. The van der Waals surface area contributed by atoms with Crippen LogP contribution in [-0.4, -0.2) is 29.1 Å². The van der Waals surface area contributed by atoms with Gasteiger partial charge in [0.15, 0.2) is 17.3 Å². The minimum Gasteiger partial charge on any atom is -0.493 e. The molecule has 168 valence electrons. The van der Waals surface area contributed by atoms with E-state index in [1.807, 2.05) is 30.3 Å². The molecule has 8 heteroatoms. The number of hydrogen-bond acceptors (Lipinski definition) is 5. The standard InChI is InChI=1S/C25H21BrN2O5/c1-32-22-12-19-20(13-23(22)33-2)27(15-21(29)17-8-10-18(26)11-9-17)25(31)28(24(19)30)14-16-6-4-3-5-7-16/h3-13H,14-15H2,1-2H3. The lowest BCUT2D eigenvalue weighted by Gasteiger charge is -2.16. The predicted octanol–water partition coefficient (Wildman–Crippen LogP) is 3.87. The van der Waals surface area contributed by atoms with E-state index in [-0.39, 0.29) is 24.3 Å². The second kappa shape index (κ2) is 9.46. The maximum Gasteiger partial charge on any atom is 0.332 e. The zero-order valence-corrected chi connectivity index (χ0v) is 19.7. The summed E-state index contributed by atoms with van der Waals surface area (Å²) in [6.45, 7) is -0.156. The van der Waals surface area contributed by atoms with Crippen molar-refractivity contribution >= 4 is 32.6 Å². The summed E-state index contributed by atoms with van der Waals surface area (Å²) in [5.41, 5.74) is 0.514. The van der Waals surface area contributed by atoms with E-state index in [1.165, 1.54) is 24.9 Å². The summed E-state index contributed by atoms with van der Waals surface area (Å²) in [4.78, 5) is 39.8. The summed E-state index contributed by atoms with van der Waals surface area (Å²) >= 11 is 3.35. The van der Waals surface area contributed by atoms with Crippen LogP contribution in [-0.2, 0) is 13.1 Å². The van der Waals surface area contributed by atoms with E-state index < -0.39 is 11.2 Å². The number of carbonyl (C=O) groups is 1. The molecule has 0 aliphatic heterocycles. The molecule has 0 radical (unpaired) electrons. The van der Waals surface area contributed by atoms with Crippen molar-refractivity contribution in [3.63, 3.8) is 0 Å². The maximum absolute atomic E-state index is 13.5. The van der Waals surface area contributed by atoms with Crippen molar-refractivity contribution in [1.29, 1.82) is 0 Å². The topological polar surface area (TPSA) is 79.5 Å². The van der Waals surface area contributed by atoms with Gasteiger partial charge in [0.2, 0.25) is 0 Å². The Balaban J connectivity index is 1.93. The largest absolute Gasteiger partial charge is 0.493 e. The zero-order valence-electron chi connectivity index (χ0n) is 18.1. The van der Waals surface area contributed by atoms with Gasteiger partial charge in [-0.25, -0.2) is 4.79 Å². The molecular weight excluding hydrogens is 488 g/mol. The molecule has 1 aromatic heterocycles. The number of benzene rings is 3. The van der Waals surface area contributed by atoms with Crippen molar-refractivity contribution in [2.24, 2.45) is 0 Å². The smallest absolute Gasteiger partial charge is 0.332 e. The van der Waals surface area contributed by atoms with Gasteiger partial charge >= 0.3 is 5.69 Å². The van der Waals surface area contributed by atoms with E-state index >= 15 is 0 Å². The van der Waals surface area contributed by atoms with Crippen molar-refractivity contribution in [3.8, 4) is 11.5 Å². The Bertz CT molecular complexity index is 1440. The summed E-state index contributed by atoms with van der Waals surface area (Å²) in [5.74, 6) is 0.456. The van der Waals surface area contributed by atoms with Crippen LogP contribution < -0.4 is 20.7 Å².